The van der Waals surface area contributed by atoms with Gasteiger partial charge in [-0.25, -0.2) is 0 Å². The molecule has 1 aromatic carbocycles. The van der Waals surface area contributed by atoms with Gasteiger partial charge in [-0.15, -0.1) is 0 Å². The standard InChI is InChI=1S/C13H20NO3P/c1-13(2,10-12(15)16-3)14-18(4)17-11-8-6-5-7-9-11/h5-9,14H,10H2,1-4H3. The fraction of sp³-hybridized carbons (Fsp3) is 0.462. The molecule has 1 unspecified atom stereocenters. The van der Waals surface area contributed by atoms with Crippen molar-refractivity contribution < 1.29 is 14.1 Å². The summed E-state index contributed by atoms with van der Waals surface area (Å²) in [6.07, 6.45) is 0.314. The molecule has 0 saturated heterocycles. The van der Waals surface area contributed by atoms with Crippen LogP contribution in [0.15, 0.2) is 30.3 Å². The van der Waals surface area contributed by atoms with Crippen LogP contribution in [0.3, 0.4) is 0 Å². The van der Waals surface area contributed by atoms with Crippen molar-refractivity contribution in [2.45, 2.75) is 25.8 Å². The number of ether oxygens (including phenoxy) is 1. The Balaban J connectivity index is 2.48. The van der Waals surface area contributed by atoms with E-state index < -0.39 is 8.30 Å². The molecule has 4 nitrogen and oxygen atoms in total. The van der Waals surface area contributed by atoms with E-state index in [1.165, 1.54) is 7.11 Å². The Morgan fingerprint density at radius 3 is 2.50 bits per heavy atom. The molecule has 0 aliphatic carbocycles. The third kappa shape index (κ3) is 5.48. The molecule has 1 aromatic rings. The first-order chi connectivity index (χ1) is 8.43. The summed E-state index contributed by atoms with van der Waals surface area (Å²) in [5.74, 6) is 0.600. The van der Waals surface area contributed by atoms with E-state index >= 15 is 0 Å². The van der Waals surface area contributed by atoms with Gasteiger partial charge in [0.05, 0.1) is 13.5 Å². The Labute approximate surface area is 110 Å². The third-order valence-corrected chi connectivity index (χ3v) is 3.66. The number of rotatable bonds is 6. The average molecular weight is 269 g/mol. The molecule has 0 radical (unpaired) electrons. The Hall–Kier alpha value is -1.12. The molecule has 0 aromatic heterocycles. The summed E-state index contributed by atoms with van der Waals surface area (Å²) in [5, 5.41) is 3.31. The van der Waals surface area contributed by atoms with E-state index in [0.717, 1.165) is 5.75 Å². The summed E-state index contributed by atoms with van der Waals surface area (Å²) in [4.78, 5) is 11.3. The van der Waals surface area contributed by atoms with Crippen molar-refractivity contribution in [1.29, 1.82) is 0 Å². The highest BCUT2D eigenvalue weighted by molar-refractivity contribution is 7.49. The minimum Gasteiger partial charge on any atom is -0.469 e. The van der Waals surface area contributed by atoms with Crippen LogP contribution in [0, 0.1) is 0 Å². The van der Waals surface area contributed by atoms with E-state index in [9.17, 15) is 4.79 Å². The van der Waals surface area contributed by atoms with Crippen molar-refractivity contribution in [1.82, 2.24) is 5.09 Å². The monoisotopic (exact) mass is 269 g/mol. The Morgan fingerprint density at radius 2 is 1.94 bits per heavy atom. The molecule has 0 fully saturated rings. The van der Waals surface area contributed by atoms with Gasteiger partial charge in [-0.1, -0.05) is 18.2 Å². The predicted molar refractivity (Wildman–Crippen MR) is 73.8 cm³/mol. The molecule has 0 spiro atoms. The first-order valence-corrected chi connectivity index (χ1v) is 7.45. The molecule has 0 aliphatic rings. The van der Waals surface area contributed by atoms with Crippen LogP contribution in [-0.2, 0) is 9.53 Å². The second-order valence-electron chi connectivity index (χ2n) is 4.65. The molecule has 0 bridgehead atoms. The van der Waals surface area contributed by atoms with E-state index in [-0.39, 0.29) is 11.5 Å². The van der Waals surface area contributed by atoms with Crippen LogP contribution in [0.2, 0.25) is 0 Å². The molecule has 100 valence electrons. The fourth-order valence-electron chi connectivity index (χ4n) is 1.56. The number of carbonyl (C=O) groups excluding carboxylic acids is 1. The van der Waals surface area contributed by atoms with Crippen molar-refractivity contribution in [3.8, 4) is 5.75 Å². The van der Waals surface area contributed by atoms with Crippen LogP contribution in [0.25, 0.3) is 0 Å². The molecule has 1 atom stereocenters. The normalized spacial score (nSPS) is 12.9. The Bertz CT molecular complexity index is 381. The van der Waals surface area contributed by atoms with Gasteiger partial charge in [-0.05, 0) is 26.0 Å². The van der Waals surface area contributed by atoms with E-state index in [0.29, 0.717) is 6.42 Å². The van der Waals surface area contributed by atoms with Crippen LogP contribution in [0.1, 0.15) is 20.3 Å². The molecule has 18 heavy (non-hydrogen) atoms. The average Bonchev–Trinajstić information content (AvgIpc) is 2.28. The van der Waals surface area contributed by atoms with Gasteiger partial charge in [0.25, 0.3) is 0 Å². The third-order valence-electron chi connectivity index (χ3n) is 2.26. The lowest BCUT2D eigenvalue weighted by atomic mass is 10.0. The van der Waals surface area contributed by atoms with Crippen LogP contribution in [0.5, 0.6) is 5.75 Å². The minimum atomic E-state index is -0.838. The van der Waals surface area contributed by atoms with Gasteiger partial charge in [0.15, 0.2) is 8.30 Å². The number of nitrogens with one attached hydrogen (secondary N) is 1. The predicted octanol–water partition coefficient (Wildman–Crippen LogP) is 2.94. The lowest BCUT2D eigenvalue weighted by Gasteiger charge is -2.28. The quantitative estimate of drug-likeness (QED) is 0.637. The molecule has 1 N–H and O–H groups in total. The zero-order valence-corrected chi connectivity index (χ0v) is 12.2. The number of methoxy groups -OCH3 is 1. The zero-order valence-electron chi connectivity index (χ0n) is 11.3. The number of esters is 1. The lowest BCUT2D eigenvalue weighted by molar-refractivity contribution is -0.141. The molecular formula is C13H20NO3P. The summed E-state index contributed by atoms with van der Waals surface area (Å²) in [6, 6.07) is 9.62. The van der Waals surface area contributed by atoms with Crippen molar-refractivity contribution in [2.24, 2.45) is 0 Å². The molecular weight excluding hydrogens is 249 g/mol. The molecule has 0 heterocycles. The van der Waals surface area contributed by atoms with E-state index in [4.69, 9.17) is 4.52 Å². The van der Waals surface area contributed by atoms with Gasteiger partial charge in [0.2, 0.25) is 0 Å². The highest BCUT2D eigenvalue weighted by Gasteiger charge is 2.25. The van der Waals surface area contributed by atoms with Gasteiger partial charge in [-0.2, -0.15) is 0 Å². The van der Waals surface area contributed by atoms with Gasteiger partial charge < -0.3 is 9.26 Å². The summed E-state index contributed by atoms with van der Waals surface area (Å²) in [5.41, 5.74) is -0.345. The van der Waals surface area contributed by atoms with Crippen LogP contribution in [-0.4, -0.2) is 25.3 Å². The van der Waals surface area contributed by atoms with Crippen molar-refractivity contribution in [2.75, 3.05) is 13.8 Å². The van der Waals surface area contributed by atoms with Gasteiger partial charge >= 0.3 is 5.97 Å². The summed E-state index contributed by atoms with van der Waals surface area (Å²) < 4.78 is 10.4. The summed E-state index contributed by atoms with van der Waals surface area (Å²) >= 11 is 0. The van der Waals surface area contributed by atoms with E-state index in [2.05, 4.69) is 9.82 Å². The Morgan fingerprint density at radius 1 is 1.33 bits per heavy atom. The number of carbonyl (C=O) groups is 1. The Kier molecular flexibility index (Phi) is 5.57. The maximum atomic E-state index is 11.3. The second kappa shape index (κ2) is 6.72. The SMILES string of the molecule is COC(=O)CC(C)(C)NP(C)Oc1ccccc1. The van der Waals surface area contributed by atoms with Crippen molar-refractivity contribution in [3.05, 3.63) is 30.3 Å². The molecule has 0 aliphatic heterocycles. The largest absolute Gasteiger partial charge is 0.469 e. The second-order valence-corrected chi connectivity index (χ2v) is 6.05. The van der Waals surface area contributed by atoms with Crippen LogP contribution < -0.4 is 9.61 Å². The number of benzene rings is 1. The fourth-order valence-corrected chi connectivity index (χ4v) is 2.98. The highest BCUT2D eigenvalue weighted by atomic mass is 31.2. The maximum absolute atomic E-state index is 11.3. The van der Waals surface area contributed by atoms with Crippen molar-refractivity contribution in [3.63, 3.8) is 0 Å². The van der Waals surface area contributed by atoms with Crippen molar-refractivity contribution >= 4 is 14.3 Å². The molecule has 5 heteroatoms. The van der Waals surface area contributed by atoms with Crippen LogP contribution in [0.4, 0.5) is 0 Å². The zero-order chi connectivity index (χ0) is 13.6. The summed E-state index contributed by atoms with van der Waals surface area (Å²) in [7, 11) is 0.558. The smallest absolute Gasteiger partial charge is 0.307 e. The molecule has 1 rings (SSSR count). The number of para-hydroxylation sites is 1. The van der Waals surface area contributed by atoms with Gasteiger partial charge in [0.1, 0.15) is 5.75 Å². The van der Waals surface area contributed by atoms with E-state index in [1.807, 2.05) is 50.8 Å². The first kappa shape index (κ1) is 14.9. The lowest BCUT2D eigenvalue weighted by Crippen LogP contribution is -2.38. The summed E-state index contributed by atoms with van der Waals surface area (Å²) in [6.45, 7) is 5.88. The maximum Gasteiger partial charge on any atom is 0.307 e. The van der Waals surface area contributed by atoms with Gasteiger partial charge in [0, 0.05) is 12.2 Å². The molecule has 0 saturated carbocycles. The van der Waals surface area contributed by atoms with Gasteiger partial charge in [-0.3, -0.25) is 9.88 Å². The van der Waals surface area contributed by atoms with Crippen LogP contribution >= 0.6 is 8.30 Å². The topological polar surface area (TPSA) is 47.6 Å². The van der Waals surface area contributed by atoms with E-state index in [1.54, 1.807) is 0 Å². The number of hydrogen-bond acceptors (Lipinski definition) is 4. The minimum absolute atomic E-state index is 0.226. The first-order valence-electron chi connectivity index (χ1n) is 5.74. The number of hydrogen-bond donors (Lipinski definition) is 1. The highest BCUT2D eigenvalue weighted by Crippen LogP contribution is 2.33. The molecule has 0 amide bonds.